The Kier molecular flexibility index (Phi) is 22.2. The lowest BCUT2D eigenvalue weighted by atomic mass is 10.1. The maximum Gasteiger partial charge on any atom is 0.306 e. The number of unbranched alkanes of at least 4 members (excludes halogenated alkanes) is 12. The molecule has 0 aliphatic rings. The number of aliphatic hydroxyl groups is 2. The van der Waals surface area contributed by atoms with Crippen molar-refractivity contribution >= 4 is 5.97 Å². The Morgan fingerprint density at radius 2 is 1.21 bits per heavy atom. The van der Waals surface area contributed by atoms with E-state index in [1.807, 2.05) is 0 Å². The smallest absolute Gasteiger partial charge is 0.306 e. The molecule has 0 aromatic heterocycles. The predicted molar refractivity (Wildman–Crippen MR) is 122 cm³/mol. The van der Waals surface area contributed by atoms with Crippen molar-refractivity contribution in [3.63, 3.8) is 0 Å². The molecule has 4 nitrogen and oxygen atoms in total. The third-order valence-corrected chi connectivity index (χ3v) is 5.04. The van der Waals surface area contributed by atoms with Gasteiger partial charge >= 0.3 is 5.97 Å². The number of esters is 1. The first-order valence-electron chi connectivity index (χ1n) is 12.0. The van der Waals surface area contributed by atoms with Crippen molar-refractivity contribution in [1.82, 2.24) is 0 Å². The van der Waals surface area contributed by atoms with E-state index in [1.165, 1.54) is 70.6 Å². The van der Waals surface area contributed by atoms with Gasteiger partial charge in [0.2, 0.25) is 0 Å². The highest BCUT2D eigenvalue weighted by Gasteiger charge is 2.11. The normalized spacial score (nSPS) is 11.9. The van der Waals surface area contributed by atoms with Crippen LogP contribution in [-0.2, 0) is 9.53 Å². The minimum Gasteiger partial charge on any atom is -0.457 e. The second-order valence-corrected chi connectivity index (χ2v) is 7.87. The van der Waals surface area contributed by atoms with Crippen molar-refractivity contribution in [2.45, 2.75) is 116 Å². The first-order valence-corrected chi connectivity index (χ1v) is 12.0. The van der Waals surface area contributed by atoms with E-state index in [2.05, 4.69) is 31.2 Å². The molecule has 0 radical (unpaired) electrons. The maximum atomic E-state index is 11.5. The summed E-state index contributed by atoms with van der Waals surface area (Å²) < 4.78 is 4.94. The highest BCUT2D eigenvalue weighted by Crippen LogP contribution is 2.12. The van der Waals surface area contributed by atoms with E-state index in [0.717, 1.165) is 25.7 Å². The van der Waals surface area contributed by atoms with Gasteiger partial charge in [0.1, 0.15) is 6.10 Å². The topological polar surface area (TPSA) is 66.8 Å². The molecule has 0 spiro atoms. The SMILES string of the molecule is CCCCC/C=C\C/C=C\CCCCCCCCCCCC(=O)OC(CO)CO. The molecule has 0 heterocycles. The molecule has 0 amide bonds. The quantitative estimate of drug-likeness (QED) is 0.133. The van der Waals surface area contributed by atoms with Gasteiger partial charge in [0.05, 0.1) is 13.2 Å². The molecule has 170 valence electrons. The molecule has 29 heavy (non-hydrogen) atoms. The minimum absolute atomic E-state index is 0.324. The van der Waals surface area contributed by atoms with Gasteiger partial charge in [-0.3, -0.25) is 4.79 Å². The first kappa shape index (κ1) is 27.9. The average molecular weight is 411 g/mol. The van der Waals surface area contributed by atoms with Crippen LogP contribution in [0.4, 0.5) is 0 Å². The van der Waals surface area contributed by atoms with Crippen molar-refractivity contribution in [3.05, 3.63) is 24.3 Å². The van der Waals surface area contributed by atoms with E-state index in [-0.39, 0.29) is 19.2 Å². The van der Waals surface area contributed by atoms with Crippen molar-refractivity contribution in [3.8, 4) is 0 Å². The highest BCUT2D eigenvalue weighted by molar-refractivity contribution is 5.69. The Bertz CT molecular complexity index is 400. The van der Waals surface area contributed by atoms with Crippen LogP contribution in [0.5, 0.6) is 0 Å². The van der Waals surface area contributed by atoms with E-state index in [0.29, 0.717) is 6.42 Å². The average Bonchev–Trinajstić information content (AvgIpc) is 2.73. The van der Waals surface area contributed by atoms with Gasteiger partial charge in [-0.15, -0.1) is 0 Å². The predicted octanol–water partition coefficient (Wildman–Crippen LogP) is 6.26. The molecule has 0 saturated carbocycles. The molecule has 0 aromatic rings. The van der Waals surface area contributed by atoms with Gasteiger partial charge in [-0.2, -0.15) is 0 Å². The maximum absolute atomic E-state index is 11.5. The second kappa shape index (κ2) is 23.2. The molecule has 0 bridgehead atoms. The van der Waals surface area contributed by atoms with E-state index < -0.39 is 6.10 Å². The molecule has 0 aromatic carbocycles. The Labute approximate surface area is 179 Å². The summed E-state index contributed by atoms with van der Waals surface area (Å²) in [5, 5.41) is 17.7. The molecule has 0 unspecified atom stereocenters. The summed E-state index contributed by atoms with van der Waals surface area (Å²) in [6.45, 7) is 1.59. The Morgan fingerprint density at radius 1 is 0.724 bits per heavy atom. The van der Waals surface area contributed by atoms with Gasteiger partial charge in [0, 0.05) is 6.42 Å². The van der Waals surface area contributed by atoms with Crippen LogP contribution < -0.4 is 0 Å². The summed E-state index contributed by atoms with van der Waals surface area (Å²) >= 11 is 0. The fourth-order valence-electron chi connectivity index (χ4n) is 3.16. The monoisotopic (exact) mass is 410 g/mol. The van der Waals surface area contributed by atoms with Gasteiger partial charge < -0.3 is 14.9 Å². The number of hydrogen-bond donors (Lipinski definition) is 2. The van der Waals surface area contributed by atoms with E-state index in [9.17, 15) is 4.79 Å². The third-order valence-electron chi connectivity index (χ3n) is 5.04. The van der Waals surface area contributed by atoms with E-state index >= 15 is 0 Å². The molecule has 0 atom stereocenters. The van der Waals surface area contributed by atoms with Crippen LogP contribution in [0.15, 0.2) is 24.3 Å². The lowest BCUT2D eigenvalue weighted by molar-refractivity contribution is -0.153. The number of carbonyl (C=O) groups is 1. The molecular weight excluding hydrogens is 364 g/mol. The lowest BCUT2D eigenvalue weighted by Crippen LogP contribution is -2.25. The first-order chi connectivity index (χ1) is 14.2. The standard InChI is InChI=1S/C25H46O4/c1-2-3-4-5-6-7-8-9-10-11-12-13-14-15-16-17-18-19-20-21-25(28)29-24(22-26)23-27/h6-7,9-10,24,26-27H,2-5,8,11-23H2,1H3/b7-6-,10-9-. The molecule has 0 aliphatic heterocycles. The summed E-state index contributed by atoms with van der Waals surface area (Å²) in [5.41, 5.74) is 0. The number of hydrogen-bond acceptors (Lipinski definition) is 4. The number of aliphatic hydroxyl groups excluding tert-OH is 2. The summed E-state index contributed by atoms with van der Waals surface area (Å²) in [6.07, 6.45) is 27.1. The number of carbonyl (C=O) groups excluding carboxylic acids is 1. The van der Waals surface area contributed by atoms with Gasteiger partial charge in [-0.05, 0) is 38.5 Å². The molecule has 4 heteroatoms. The second-order valence-electron chi connectivity index (χ2n) is 7.87. The van der Waals surface area contributed by atoms with Gasteiger partial charge in [0.15, 0.2) is 0 Å². The molecule has 2 N–H and O–H groups in total. The van der Waals surface area contributed by atoms with E-state index in [4.69, 9.17) is 14.9 Å². The minimum atomic E-state index is -0.768. The van der Waals surface area contributed by atoms with Crippen LogP contribution in [0.3, 0.4) is 0 Å². The van der Waals surface area contributed by atoms with Crippen molar-refractivity contribution in [2.24, 2.45) is 0 Å². The Balaban J connectivity index is 3.27. The summed E-state index contributed by atoms with van der Waals surface area (Å²) in [5.74, 6) is -0.324. The van der Waals surface area contributed by atoms with Crippen molar-refractivity contribution in [2.75, 3.05) is 13.2 Å². The van der Waals surface area contributed by atoms with Crippen LogP contribution in [0.2, 0.25) is 0 Å². The van der Waals surface area contributed by atoms with E-state index in [1.54, 1.807) is 0 Å². The lowest BCUT2D eigenvalue weighted by Gasteiger charge is -2.12. The zero-order valence-electron chi connectivity index (χ0n) is 18.8. The van der Waals surface area contributed by atoms with Gasteiger partial charge in [-0.1, -0.05) is 89.0 Å². The van der Waals surface area contributed by atoms with Crippen LogP contribution >= 0.6 is 0 Å². The fourth-order valence-corrected chi connectivity index (χ4v) is 3.16. The summed E-state index contributed by atoms with van der Waals surface area (Å²) in [7, 11) is 0. The number of allylic oxidation sites excluding steroid dienone is 4. The largest absolute Gasteiger partial charge is 0.457 e. The van der Waals surface area contributed by atoms with Crippen LogP contribution in [0, 0.1) is 0 Å². The van der Waals surface area contributed by atoms with Crippen molar-refractivity contribution < 1.29 is 19.7 Å². The molecular formula is C25H46O4. The van der Waals surface area contributed by atoms with Crippen molar-refractivity contribution in [1.29, 1.82) is 0 Å². The number of rotatable bonds is 21. The third kappa shape index (κ3) is 21.4. The van der Waals surface area contributed by atoms with Gasteiger partial charge in [-0.25, -0.2) is 0 Å². The van der Waals surface area contributed by atoms with Crippen LogP contribution in [0.1, 0.15) is 110 Å². The Hall–Kier alpha value is -1.13. The molecule has 0 aliphatic carbocycles. The molecule has 0 fully saturated rings. The van der Waals surface area contributed by atoms with Crippen LogP contribution in [-0.4, -0.2) is 35.5 Å². The van der Waals surface area contributed by atoms with Crippen LogP contribution in [0.25, 0.3) is 0 Å². The van der Waals surface area contributed by atoms with Gasteiger partial charge in [0.25, 0.3) is 0 Å². The zero-order chi connectivity index (χ0) is 21.4. The molecule has 0 rings (SSSR count). The summed E-state index contributed by atoms with van der Waals surface area (Å²) in [4.78, 5) is 11.5. The summed E-state index contributed by atoms with van der Waals surface area (Å²) in [6, 6.07) is 0. The highest BCUT2D eigenvalue weighted by atomic mass is 16.6. The number of ether oxygens (including phenoxy) is 1. The molecule has 0 saturated heterocycles. The Morgan fingerprint density at radius 3 is 1.72 bits per heavy atom. The fraction of sp³-hybridized carbons (Fsp3) is 0.800. The zero-order valence-corrected chi connectivity index (χ0v) is 18.8.